The fourth-order valence-corrected chi connectivity index (χ4v) is 2.62. The summed E-state index contributed by atoms with van der Waals surface area (Å²) >= 11 is 0. The molecule has 0 N–H and O–H groups in total. The largest absolute Gasteiger partial charge is 0.465 e. The van der Waals surface area contributed by atoms with Crippen LogP contribution in [0.4, 0.5) is 11.5 Å². The van der Waals surface area contributed by atoms with E-state index in [4.69, 9.17) is 4.74 Å². The number of nitrogens with zero attached hydrogens (tertiary/aromatic N) is 3. The van der Waals surface area contributed by atoms with Crippen LogP contribution in [0.2, 0.25) is 0 Å². The molecule has 2 aromatic rings. The second kappa shape index (κ2) is 8.46. The molecule has 1 atom stereocenters. The molecule has 0 aliphatic heterocycles. The molecule has 0 spiro atoms. The third kappa shape index (κ3) is 4.07. The lowest BCUT2D eigenvalue weighted by atomic mass is 10.0. The van der Waals surface area contributed by atoms with Crippen molar-refractivity contribution in [1.29, 1.82) is 0 Å². The number of carbonyl (C=O) groups is 2. The predicted octanol–water partition coefficient (Wildman–Crippen LogP) is 3.44. The minimum absolute atomic E-state index is 0.253. The molecule has 0 amide bonds. The first-order chi connectivity index (χ1) is 12.0. The summed E-state index contributed by atoms with van der Waals surface area (Å²) < 4.78 is 6.70. The number of anilines is 2. The maximum absolute atomic E-state index is 12.9. The molecule has 134 valence electrons. The van der Waals surface area contributed by atoms with E-state index >= 15 is 0 Å². The minimum Gasteiger partial charge on any atom is -0.465 e. The zero-order chi connectivity index (χ0) is 18.4. The Bertz CT molecular complexity index is 725. The molecule has 0 bridgehead atoms. The number of esters is 1. The Morgan fingerprint density at radius 1 is 1.20 bits per heavy atom. The molecule has 2 rings (SSSR count). The van der Waals surface area contributed by atoms with Crippen LogP contribution in [0.3, 0.4) is 0 Å². The van der Waals surface area contributed by atoms with Gasteiger partial charge in [-0.3, -0.25) is 14.3 Å². The third-order valence-corrected chi connectivity index (χ3v) is 4.00. The molecule has 25 heavy (non-hydrogen) atoms. The number of hydrogen-bond donors (Lipinski definition) is 0. The second-order valence-electron chi connectivity index (χ2n) is 5.64. The molecular weight excluding hydrogens is 318 g/mol. The molecule has 1 heterocycles. The van der Waals surface area contributed by atoms with E-state index in [1.54, 1.807) is 24.7 Å². The summed E-state index contributed by atoms with van der Waals surface area (Å²) in [4.78, 5) is 26.8. The van der Waals surface area contributed by atoms with E-state index in [2.05, 4.69) is 5.10 Å². The molecule has 1 unspecified atom stereocenters. The van der Waals surface area contributed by atoms with Gasteiger partial charge in [0.15, 0.2) is 11.6 Å². The number of para-hydroxylation sites is 1. The summed E-state index contributed by atoms with van der Waals surface area (Å²) in [5, 5.41) is 4.55. The number of ether oxygens (including phenoxy) is 1. The lowest BCUT2D eigenvalue weighted by molar-refractivity contribution is -0.145. The predicted molar refractivity (Wildman–Crippen MR) is 97.2 cm³/mol. The van der Waals surface area contributed by atoms with Crippen LogP contribution in [0.15, 0.2) is 36.5 Å². The second-order valence-corrected chi connectivity index (χ2v) is 5.64. The normalized spacial score (nSPS) is 11.8. The topological polar surface area (TPSA) is 64.4 Å². The quantitative estimate of drug-likeness (QED) is 0.417. The first kappa shape index (κ1) is 18.7. The van der Waals surface area contributed by atoms with Crippen molar-refractivity contribution in [2.24, 2.45) is 5.92 Å². The first-order valence-corrected chi connectivity index (χ1v) is 8.64. The van der Waals surface area contributed by atoms with E-state index in [0.29, 0.717) is 24.5 Å². The summed E-state index contributed by atoms with van der Waals surface area (Å²) in [6.45, 7) is 8.80. The first-order valence-electron chi connectivity index (χ1n) is 8.64. The van der Waals surface area contributed by atoms with E-state index in [0.717, 1.165) is 5.69 Å². The third-order valence-electron chi connectivity index (χ3n) is 4.00. The number of carbonyl (C=O) groups excluding carboxylic acids is 2. The highest BCUT2D eigenvalue weighted by Crippen LogP contribution is 2.28. The minimum atomic E-state index is -0.859. The van der Waals surface area contributed by atoms with Gasteiger partial charge < -0.3 is 9.64 Å². The highest BCUT2D eigenvalue weighted by atomic mass is 16.5. The van der Waals surface area contributed by atoms with E-state index in [9.17, 15) is 9.59 Å². The highest BCUT2D eigenvalue weighted by molar-refractivity contribution is 6.11. The maximum Gasteiger partial charge on any atom is 0.316 e. The lowest BCUT2D eigenvalue weighted by Crippen LogP contribution is -2.25. The van der Waals surface area contributed by atoms with Crippen LogP contribution >= 0.6 is 0 Å². The van der Waals surface area contributed by atoms with Crippen molar-refractivity contribution in [2.45, 2.75) is 34.2 Å². The number of aromatic nitrogens is 2. The van der Waals surface area contributed by atoms with Crippen LogP contribution in [0.5, 0.6) is 0 Å². The Hall–Kier alpha value is -2.63. The van der Waals surface area contributed by atoms with E-state index in [-0.39, 0.29) is 12.4 Å². The van der Waals surface area contributed by atoms with Gasteiger partial charge in [-0.25, -0.2) is 0 Å². The Kier molecular flexibility index (Phi) is 6.33. The van der Waals surface area contributed by atoms with Gasteiger partial charge >= 0.3 is 5.97 Å². The molecular formula is C19H25N3O3. The average Bonchev–Trinajstić information content (AvgIpc) is 3.06. The Balaban J connectivity index is 2.43. The van der Waals surface area contributed by atoms with Gasteiger partial charge in [0.2, 0.25) is 0 Å². The van der Waals surface area contributed by atoms with Crippen molar-refractivity contribution in [3.8, 4) is 0 Å². The van der Waals surface area contributed by atoms with Gasteiger partial charge in [0.25, 0.3) is 0 Å². The molecule has 1 aromatic carbocycles. The monoisotopic (exact) mass is 343 g/mol. The van der Waals surface area contributed by atoms with Gasteiger partial charge in [0, 0.05) is 25.0 Å². The van der Waals surface area contributed by atoms with Crippen LogP contribution in [0.1, 0.15) is 38.1 Å². The van der Waals surface area contributed by atoms with Crippen LogP contribution in [-0.2, 0) is 16.1 Å². The molecule has 1 aromatic heterocycles. The Labute approximate surface area is 148 Å². The highest BCUT2D eigenvalue weighted by Gasteiger charge is 2.29. The number of aryl methyl sites for hydroxylation is 1. The fourth-order valence-electron chi connectivity index (χ4n) is 2.62. The van der Waals surface area contributed by atoms with Crippen LogP contribution in [-0.4, -0.2) is 34.7 Å². The van der Waals surface area contributed by atoms with Crippen LogP contribution < -0.4 is 4.90 Å². The zero-order valence-corrected chi connectivity index (χ0v) is 15.2. The smallest absolute Gasteiger partial charge is 0.316 e. The van der Waals surface area contributed by atoms with Crippen molar-refractivity contribution in [3.05, 3.63) is 42.1 Å². The number of benzene rings is 1. The fraction of sp³-hybridized carbons (Fsp3) is 0.421. The number of ketones is 1. The van der Waals surface area contributed by atoms with E-state index in [1.165, 1.54) is 0 Å². The summed E-state index contributed by atoms with van der Waals surface area (Å²) in [5.74, 6) is -1.08. The molecule has 0 radical (unpaired) electrons. The standard InChI is InChI=1S/C19H25N3O3/c1-5-21-13-16(17(23)14(4)19(24)25-7-3)18(20-21)22(6-2)15-11-9-8-10-12-15/h8-14H,5-7H2,1-4H3. The molecule has 0 aliphatic carbocycles. The van der Waals surface area contributed by atoms with Crippen LogP contribution in [0.25, 0.3) is 0 Å². The van der Waals surface area contributed by atoms with Crippen molar-refractivity contribution in [3.63, 3.8) is 0 Å². The maximum atomic E-state index is 12.9. The molecule has 0 aliphatic rings. The van der Waals surface area contributed by atoms with Crippen molar-refractivity contribution < 1.29 is 14.3 Å². The summed E-state index contributed by atoms with van der Waals surface area (Å²) in [5.41, 5.74) is 1.39. The Morgan fingerprint density at radius 3 is 2.44 bits per heavy atom. The van der Waals surface area contributed by atoms with Crippen molar-refractivity contribution in [2.75, 3.05) is 18.1 Å². The van der Waals surface area contributed by atoms with Gasteiger partial charge in [-0.05, 0) is 39.8 Å². The van der Waals surface area contributed by atoms with Gasteiger partial charge in [-0.2, -0.15) is 5.10 Å². The summed E-state index contributed by atoms with van der Waals surface area (Å²) in [7, 11) is 0. The lowest BCUT2D eigenvalue weighted by Gasteiger charge is -2.22. The summed E-state index contributed by atoms with van der Waals surface area (Å²) in [6.07, 6.45) is 1.71. The SMILES string of the molecule is CCOC(=O)C(C)C(=O)c1cn(CC)nc1N(CC)c1ccccc1. The van der Waals surface area contributed by atoms with Gasteiger partial charge in [0.05, 0.1) is 12.2 Å². The zero-order valence-electron chi connectivity index (χ0n) is 15.2. The Morgan fingerprint density at radius 2 is 1.88 bits per heavy atom. The van der Waals surface area contributed by atoms with E-state index in [1.807, 2.05) is 49.1 Å². The molecule has 0 saturated heterocycles. The van der Waals surface area contributed by atoms with Crippen LogP contribution in [0, 0.1) is 5.92 Å². The number of rotatable bonds is 8. The number of hydrogen-bond acceptors (Lipinski definition) is 5. The molecule has 6 nitrogen and oxygen atoms in total. The van der Waals surface area contributed by atoms with Gasteiger partial charge in [0.1, 0.15) is 5.92 Å². The molecule has 6 heteroatoms. The van der Waals surface area contributed by atoms with Gasteiger partial charge in [-0.15, -0.1) is 0 Å². The molecule has 0 fully saturated rings. The number of Topliss-reactive ketones (excluding diaryl/α,β-unsaturated/α-hetero) is 1. The van der Waals surface area contributed by atoms with Gasteiger partial charge in [-0.1, -0.05) is 18.2 Å². The van der Waals surface area contributed by atoms with Crippen molar-refractivity contribution >= 4 is 23.3 Å². The summed E-state index contributed by atoms with van der Waals surface area (Å²) in [6, 6.07) is 9.76. The average molecular weight is 343 g/mol. The molecule has 0 saturated carbocycles. The van der Waals surface area contributed by atoms with E-state index < -0.39 is 11.9 Å². The van der Waals surface area contributed by atoms with Crippen molar-refractivity contribution in [1.82, 2.24) is 9.78 Å².